The summed E-state index contributed by atoms with van der Waals surface area (Å²) in [4.78, 5) is 2.19. The van der Waals surface area contributed by atoms with Crippen LogP contribution < -0.4 is 14.8 Å². The largest absolute Gasteiger partial charge is 0.488 e. The number of hydrogen-bond donors (Lipinski definition) is 1. The minimum absolute atomic E-state index is 0.209. The molecule has 25 heavy (non-hydrogen) atoms. The molecular formula is C20H25ClN2O2. The highest BCUT2D eigenvalue weighted by molar-refractivity contribution is 6.30. The first-order valence-corrected chi connectivity index (χ1v) is 8.94. The molecule has 1 heterocycles. The number of para-hydroxylation sites is 2. The van der Waals surface area contributed by atoms with Gasteiger partial charge in [0.1, 0.15) is 18.8 Å². The summed E-state index contributed by atoms with van der Waals surface area (Å²) in [6.07, 6.45) is 0.961. The van der Waals surface area contributed by atoms with Crippen molar-refractivity contribution in [3.63, 3.8) is 0 Å². The highest BCUT2D eigenvalue weighted by atomic mass is 35.5. The molecule has 0 saturated carbocycles. The van der Waals surface area contributed by atoms with Crippen molar-refractivity contribution in [3.8, 4) is 11.5 Å². The number of hydrogen-bond acceptors (Lipinski definition) is 4. The molecule has 2 aromatic rings. The Labute approximate surface area is 154 Å². The van der Waals surface area contributed by atoms with E-state index in [0.717, 1.165) is 36.0 Å². The van der Waals surface area contributed by atoms with Crippen LogP contribution in [0.3, 0.4) is 0 Å². The summed E-state index contributed by atoms with van der Waals surface area (Å²) in [5.41, 5.74) is 1.07. The highest BCUT2D eigenvalue weighted by Crippen LogP contribution is 2.31. The Morgan fingerprint density at radius 2 is 1.60 bits per heavy atom. The van der Waals surface area contributed by atoms with E-state index in [0.29, 0.717) is 13.2 Å². The van der Waals surface area contributed by atoms with Crippen molar-refractivity contribution in [3.05, 3.63) is 59.1 Å². The summed E-state index contributed by atoms with van der Waals surface area (Å²) in [6.45, 7) is 2.86. The van der Waals surface area contributed by atoms with E-state index in [9.17, 15) is 0 Å². The molecule has 0 saturated heterocycles. The van der Waals surface area contributed by atoms with Crippen LogP contribution in [0, 0.1) is 0 Å². The fourth-order valence-electron chi connectivity index (χ4n) is 2.88. The van der Waals surface area contributed by atoms with Gasteiger partial charge in [0.2, 0.25) is 0 Å². The highest BCUT2D eigenvalue weighted by Gasteiger charge is 2.37. The van der Waals surface area contributed by atoms with E-state index >= 15 is 0 Å². The van der Waals surface area contributed by atoms with E-state index in [2.05, 4.69) is 36.4 Å². The molecule has 0 radical (unpaired) electrons. The van der Waals surface area contributed by atoms with Gasteiger partial charge in [0.25, 0.3) is 0 Å². The monoisotopic (exact) mass is 360 g/mol. The first kappa shape index (κ1) is 18.1. The maximum atomic E-state index is 6.03. The Morgan fingerprint density at radius 3 is 2.16 bits per heavy atom. The van der Waals surface area contributed by atoms with Gasteiger partial charge < -0.3 is 14.8 Å². The third-order valence-electron chi connectivity index (χ3n) is 4.75. The molecule has 5 heteroatoms. The lowest BCUT2D eigenvalue weighted by atomic mass is 10.00. The molecule has 134 valence electrons. The number of likely N-dealkylation sites (N-methyl/N-ethyl adjacent to an activating group) is 1. The summed E-state index contributed by atoms with van der Waals surface area (Å²) >= 11 is 5.93. The number of nitrogens with zero attached hydrogens (tertiary/aromatic N) is 1. The molecule has 0 amide bonds. The predicted octanol–water partition coefficient (Wildman–Crippen LogP) is 3.24. The molecule has 0 unspecified atom stereocenters. The number of nitrogens with one attached hydrogen (secondary N) is 1. The van der Waals surface area contributed by atoms with Crippen molar-refractivity contribution in [2.24, 2.45) is 0 Å². The average Bonchev–Trinajstić information content (AvgIpc) is 2.81. The Kier molecular flexibility index (Phi) is 5.84. The van der Waals surface area contributed by atoms with Crippen LogP contribution in [0.25, 0.3) is 0 Å². The van der Waals surface area contributed by atoms with E-state index in [4.69, 9.17) is 21.1 Å². The Morgan fingerprint density at radius 1 is 1.00 bits per heavy atom. The van der Waals surface area contributed by atoms with Gasteiger partial charge in [-0.05, 0) is 56.9 Å². The fraction of sp³-hybridized carbons (Fsp3) is 0.400. The Bertz CT molecular complexity index is 661. The quantitative estimate of drug-likeness (QED) is 0.802. The van der Waals surface area contributed by atoms with Gasteiger partial charge in [-0.1, -0.05) is 35.9 Å². The van der Waals surface area contributed by atoms with Gasteiger partial charge >= 0.3 is 0 Å². The van der Waals surface area contributed by atoms with Crippen molar-refractivity contribution in [1.29, 1.82) is 0 Å². The summed E-state index contributed by atoms with van der Waals surface area (Å²) in [5.74, 6) is 1.62. The predicted molar refractivity (Wildman–Crippen MR) is 102 cm³/mol. The minimum atomic E-state index is -0.209. The van der Waals surface area contributed by atoms with Crippen molar-refractivity contribution in [2.75, 3.05) is 40.4 Å². The van der Waals surface area contributed by atoms with Crippen LogP contribution in [0.4, 0.5) is 0 Å². The SMILES string of the molecule is CN(C)C1(CNCCc2ccc(Cl)cc2)COc2ccccc2OC1. The van der Waals surface area contributed by atoms with Gasteiger partial charge in [0.05, 0.1) is 0 Å². The van der Waals surface area contributed by atoms with Crippen LogP contribution >= 0.6 is 11.6 Å². The van der Waals surface area contributed by atoms with Gasteiger partial charge in [0, 0.05) is 11.6 Å². The van der Waals surface area contributed by atoms with Gasteiger partial charge in [-0.2, -0.15) is 0 Å². The lowest BCUT2D eigenvalue weighted by Crippen LogP contribution is -2.59. The van der Waals surface area contributed by atoms with Crippen LogP contribution in [-0.2, 0) is 6.42 Å². The van der Waals surface area contributed by atoms with Crippen LogP contribution in [0.2, 0.25) is 5.02 Å². The standard InChI is InChI=1S/C20H25ClN2O2/c1-23(2)20(13-22-12-11-16-7-9-17(21)10-8-16)14-24-18-5-3-4-6-19(18)25-15-20/h3-10,22H,11-15H2,1-2H3. The molecule has 0 spiro atoms. The zero-order valence-corrected chi connectivity index (χ0v) is 15.6. The van der Waals surface area contributed by atoms with Crippen LogP contribution in [0.1, 0.15) is 5.56 Å². The molecule has 0 atom stereocenters. The van der Waals surface area contributed by atoms with E-state index in [1.807, 2.05) is 36.4 Å². The fourth-order valence-corrected chi connectivity index (χ4v) is 3.00. The minimum Gasteiger partial charge on any atom is -0.488 e. The van der Waals surface area contributed by atoms with E-state index in [-0.39, 0.29) is 5.54 Å². The number of benzene rings is 2. The zero-order valence-electron chi connectivity index (χ0n) is 14.8. The van der Waals surface area contributed by atoms with Crippen molar-refractivity contribution in [1.82, 2.24) is 10.2 Å². The molecule has 1 N–H and O–H groups in total. The van der Waals surface area contributed by atoms with Crippen molar-refractivity contribution >= 4 is 11.6 Å². The molecule has 0 fully saturated rings. The van der Waals surface area contributed by atoms with E-state index in [1.54, 1.807) is 0 Å². The third-order valence-corrected chi connectivity index (χ3v) is 5.00. The molecule has 3 rings (SSSR count). The van der Waals surface area contributed by atoms with Crippen molar-refractivity contribution in [2.45, 2.75) is 12.0 Å². The third kappa shape index (κ3) is 4.46. The first-order chi connectivity index (χ1) is 12.1. The molecular weight excluding hydrogens is 336 g/mol. The number of halogens is 1. The molecule has 2 aromatic carbocycles. The van der Waals surface area contributed by atoms with Crippen LogP contribution in [0.5, 0.6) is 11.5 Å². The smallest absolute Gasteiger partial charge is 0.161 e. The second-order valence-corrected chi connectivity index (χ2v) is 7.13. The summed E-state index contributed by atoms with van der Waals surface area (Å²) < 4.78 is 12.1. The molecule has 4 nitrogen and oxygen atoms in total. The Balaban J connectivity index is 1.57. The van der Waals surface area contributed by atoms with Gasteiger partial charge in [-0.3, -0.25) is 4.90 Å². The van der Waals surface area contributed by atoms with Crippen molar-refractivity contribution < 1.29 is 9.47 Å². The van der Waals surface area contributed by atoms with Gasteiger partial charge in [0.15, 0.2) is 11.5 Å². The second kappa shape index (κ2) is 8.09. The zero-order chi connectivity index (χ0) is 17.7. The average molecular weight is 361 g/mol. The molecule has 1 aliphatic rings. The topological polar surface area (TPSA) is 33.7 Å². The number of ether oxygens (including phenoxy) is 2. The van der Waals surface area contributed by atoms with Crippen LogP contribution in [0.15, 0.2) is 48.5 Å². The first-order valence-electron chi connectivity index (χ1n) is 8.56. The van der Waals surface area contributed by atoms with Gasteiger partial charge in [-0.25, -0.2) is 0 Å². The number of fused-ring (bicyclic) bond motifs is 1. The lowest BCUT2D eigenvalue weighted by Gasteiger charge is -2.37. The van der Waals surface area contributed by atoms with E-state index in [1.165, 1.54) is 5.56 Å². The summed E-state index contributed by atoms with van der Waals surface area (Å²) in [5, 5.41) is 4.33. The molecule has 1 aliphatic heterocycles. The summed E-state index contributed by atoms with van der Waals surface area (Å²) in [6, 6.07) is 15.8. The second-order valence-electron chi connectivity index (χ2n) is 6.70. The molecule has 0 bridgehead atoms. The molecule has 0 aliphatic carbocycles. The summed E-state index contributed by atoms with van der Waals surface area (Å²) in [7, 11) is 4.15. The lowest BCUT2D eigenvalue weighted by molar-refractivity contribution is 0.0515. The van der Waals surface area contributed by atoms with E-state index < -0.39 is 0 Å². The molecule has 0 aromatic heterocycles. The van der Waals surface area contributed by atoms with Gasteiger partial charge in [-0.15, -0.1) is 0 Å². The number of rotatable bonds is 6. The maximum absolute atomic E-state index is 6.03. The van der Waals surface area contributed by atoms with Crippen LogP contribution in [-0.4, -0.2) is 50.8 Å². The maximum Gasteiger partial charge on any atom is 0.161 e. The normalized spacial score (nSPS) is 15.8. The Hall–Kier alpha value is -1.75.